The van der Waals surface area contributed by atoms with Gasteiger partial charge in [-0.1, -0.05) is 36.4 Å². The van der Waals surface area contributed by atoms with Gasteiger partial charge in [0.25, 0.3) is 0 Å². The van der Waals surface area contributed by atoms with Gasteiger partial charge in [-0.15, -0.1) is 11.3 Å². The first-order valence-corrected chi connectivity index (χ1v) is 7.37. The summed E-state index contributed by atoms with van der Waals surface area (Å²) >= 11 is 1.89. The molecule has 1 N–H and O–H groups in total. The Morgan fingerprint density at radius 3 is 2.37 bits per heavy atom. The molecule has 3 aromatic rings. The first-order valence-electron chi connectivity index (χ1n) is 6.55. The number of para-hydroxylation sites is 1. The molecular weight excluding hydrogens is 250 g/mol. The maximum absolute atomic E-state index is 3.57. The minimum atomic E-state index is 0.333. The lowest BCUT2D eigenvalue weighted by Crippen LogP contribution is -2.05. The summed E-state index contributed by atoms with van der Waals surface area (Å²) in [4.78, 5) is 1.42. The van der Waals surface area contributed by atoms with Crippen LogP contribution < -0.4 is 5.32 Å². The summed E-state index contributed by atoms with van der Waals surface area (Å²) in [6.07, 6.45) is 0. The van der Waals surface area contributed by atoms with E-state index in [9.17, 15) is 0 Å². The summed E-state index contributed by atoms with van der Waals surface area (Å²) in [5, 5.41) is 4.95. The molecule has 2 heteroatoms. The first-order chi connectivity index (χ1) is 9.25. The molecule has 0 saturated carbocycles. The Bertz CT molecular complexity index is 685. The minimum Gasteiger partial charge on any atom is -0.378 e. The zero-order valence-corrected chi connectivity index (χ0v) is 12.0. The highest BCUT2D eigenvalue weighted by Crippen LogP contribution is 2.35. The fraction of sp³-hybridized carbons (Fsp3) is 0.176. The smallest absolute Gasteiger partial charge is 0.0581 e. The van der Waals surface area contributed by atoms with Gasteiger partial charge in [0, 0.05) is 15.3 Å². The molecule has 96 valence electrons. The second-order valence-electron chi connectivity index (χ2n) is 4.82. The SMILES string of the molecule is Cc1c(C(C)Nc2ccccc2)sc2ccccc12. The second kappa shape index (κ2) is 5.06. The molecule has 1 heterocycles. The van der Waals surface area contributed by atoms with Crippen molar-refractivity contribution < 1.29 is 0 Å². The maximum atomic E-state index is 3.57. The molecule has 0 spiro atoms. The van der Waals surface area contributed by atoms with Crippen molar-refractivity contribution in [1.82, 2.24) is 0 Å². The lowest BCUT2D eigenvalue weighted by molar-refractivity contribution is 0.900. The molecule has 0 fully saturated rings. The van der Waals surface area contributed by atoms with Crippen LogP contribution in [0.2, 0.25) is 0 Å². The Balaban J connectivity index is 1.93. The van der Waals surface area contributed by atoms with Crippen LogP contribution in [0.4, 0.5) is 5.69 Å². The summed E-state index contributed by atoms with van der Waals surface area (Å²) in [5.41, 5.74) is 2.57. The van der Waals surface area contributed by atoms with Crippen molar-refractivity contribution >= 4 is 27.1 Å². The zero-order valence-electron chi connectivity index (χ0n) is 11.2. The van der Waals surface area contributed by atoms with Crippen LogP contribution in [0.15, 0.2) is 54.6 Å². The van der Waals surface area contributed by atoms with Crippen LogP contribution in [0, 0.1) is 6.92 Å². The van der Waals surface area contributed by atoms with E-state index in [1.807, 2.05) is 17.4 Å². The predicted molar refractivity (Wildman–Crippen MR) is 85.0 cm³/mol. The Kier molecular flexibility index (Phi) is 3.26. The fourth-order valence-electron chi connectivity index (χ4n) is 2.46. The van der Waals surface area contributed by atoms with Crippen LogP contribution in [0.1, 0.15) is 23.4 Å². The Hall–Kier alpha value is -1.80. The molecule has 0 bridgehead atoms. The quantitative estimate of drug-likeness (QED) is 0.671. The molecular formula is C17H17NS. The third-order valence-corrected chi connectivity index (χ3v) is 4.89. The number of rotatable bonds is 3. The van der Waals surface area contributed by atoms with Crippen LogP contribution in [-0.2, 0) is 0 Å². The second-order valence-corrected chi connectivity index (χ2v) is 5.90. The lowest BCUT2D eigenvalue weighted by atomic mass is 10.1. The molecule has 1 atom stereocenters. The van der Waals surface area contributed by atoms with Gasteiger partial charge in [0.2, 0.25) is 0 Å². The van der Waals surface area contributed by atoms with Crippen molar-refractivity contribution in [3.8, 4) is 0 Å². The summed E-state index contributed by atoms with van der Waals surface area (Å²) in [6, 6.07) is 19.3. The van der Waals surface area contributed by atoms with E-state index in [0.29, 0.717) is 6.04 Å². The van der Waals surface area contributed by atoms with Crippen LogP contribution in [0.25, 0.3) is 10.1 Å². The summed E-state index contributed by atoms with van der Waals surface area (Å²) in [7, 11) is 0. The standard InChI is InChI=1S/C17H17NS/c1-12-15-10-6-7-11-16(15)19-17(12)13(2)18-14-8-4-3-5-9-14/h3-11,13,18H,1-2H3. The van der Waals surface area contributed by atoms with E-state index in [-0.39, 0.29) is 0 Å². The molecule has 19 heavy (non-hydrogen) atoms. The molecule has 1 unspecified atom stereocenters. The third kappa shape index (κ3) is 2.36. The van der Waals surface area contributed by atoms with E-state index in [0.717, 1.165) is 0 Å². The molecule has 0 aliphatic rings. The number of nitrogens with one attached hydrogen (secondary N) is 1. The highest BCUT2D eigenvalue weighted by atomic mass is 32.1. The normalized spacial score (nSPS) is 12.5. The number of aryl methyl sites for hydroxylation is 1. The van der Waals surface area contributed by atoms with E-state index in [1.54, 1.807) is 0 Å². The first kappa shape index (κ1) is 12.2. The number of anilines is 1. The van der Waals surface area contributed by atoms with Gasteiger partial charge in [-0.25, -0.2) is 0 Å². The largest absolute Gasteiger partial charge is 0.378 e. The molecule has 2 aromatic carbocycles. The Morgan fingerprint density at radius 1 is 0.947 bits per heavy atom. The van der Waals surface area contributed by atoms with E-state index in [4.69, 9.17) is 0 Å². The highest BCUT2D eigenvalue weighted by Gasteiger charge is 2.13. The van der Waals surface area contributed by atoms with E-state index < -0.39 is 0 Å². The Morgan fingerprint density at radius 2 is 1.63 bits per heavy atom. The number of hydrogen-bond donors (Lipinski definition) is 1. The van der Waals surface area contributed by atoms with Crippen molar-refractivity contribution in [3.05, 3.63) is 65.0 Å². The monoisotopic (exact) mass is 267 g/mol. The number of thiophene rings is 1. The zero-order chi connectivity index (χ0) is 13.2. The lowest BCUT2D eigenvalue weighted by Gasteiger charge is -2.14. The van der Waals surface area contributed by atoms with Gasteiger partial charge in [-0.3, -0.25) is 0 Å². The Labute approximate surface area is 117 Å². The van der Waals surface area contributed by atoms with E-state index in [1.165, 1.54) is 26.2 Å². The topological polar surface area (TPSA) is 12.0 Å². The molecule has 0 aliphatic carbocycles. The summed E-state index contributed by atoms with van der Waals surface area (Å²) in [6.45, 7) is 4.45. The van der Waals surface area contributed by atoms with Crippen molar-refractivity contribution in [2.24, 2.45) is 0 Å². The van der Waals surface area contributed by atoms with Crippen LogP contribution in [0.5, 0.6) is 0 Å². The predicted octanol–water partition coefficient (Wildman–Crippen LogP) is 5.38. The molecule has 0 aliphatic heterocycles. The van der Waals surface area contributed by atoms with Crippen molar-refractivity contribution in [2.75, 3.05) is 5.32 Å². The van der Waals surface area contributed by atoms with Gasteiger partial charge >= 0.3 is 0 Å². The fourth-order valence-corrected chi connectivity index (χ4v) is 3.67. The van der Waals surface area contributed by atoms with Gasteiger partial charge in [0.15, 0.2) is 0 Å². The summed E-state index contributed by atoms with van der Waals surface area (Å²) < 4.78 is 1.37. The van der Waals surface area contributed by atoms with Gasteiger partial charge in [0.05, 0.1) is 6.04 Å². The van der Waals surface area contributed by atoms with Gasteiger partial charge in [-0.2, -0.15) is 0 Å². The number of benzene rings is 2. The van der Waals surface area contributed by atoms with Gasteiger partial charge in [-0.05, 0) is 43.0 Å². The van der Waals surface area contributed by atoms with Crippen LogP contribution >= 0.6 is 11.3 Å². The average Bonchev–Trinajstić information content (AvgIpc) is 2.78. The summed E-state index contributed by atoms with van der Waals surface area (Å²) in [5.74, 6) is 0. The molecule has 0 saturated heterocycles. The van der Waals surface area contributed by atoms with Gasteiger partial charge in [0.1, 0.15) is 0 Å². The molecule has 1 nitrogen and oxygen atoms in total. The van der Waals surface area contributed by atoms with Crippen LogP contribution in [-0.4, -0.2) is 0 Å². The number of fused-ring (bicyclic) bond motifs is 1. The van der Waals surface area contributed by atoms with Crippen molar-refractivity contribution in [2.45, 2.75) is 19.9 Å². The third-order valence-electron chi connectivity index (χ3n) is 3.43. The van der Waals surface area contributed by atoms with Crippen molar-refractivity contribution in [3.63, 3.8) is 0 Å². The van der Waals surface area contributed by atoms with Crippen LogP contribution in [0.3, 0.4) is 0 Å². The maximum Gasteiger partial charge on any atom is 0.0581 e. The molecule has 0 amide bonds. The van der Waals surface area contributed by atoms with Crippen molar-refractivity contribution in [1.29, 1.82) is 0 Å². The van der Waals surface area contributed by atoms with Gasteiger partial charge < -0.3 is 5.32 Å². The van der Waals surface area contributed by atoms with E-state index in [2.05, 4.69) is 67.7 Å². The highest BCUT2D eigenvalue weighted by molar-refractivity contribution is 7.19. The minimum absolute atomic E-state index is 0.333. The average molecular weight is 267 g/mol. The molecule has 0 radical (unpaired) electrons. The molecule has 1 aromatic heterocycles. The molecule has 3 rings (SSSR count). The number of hydrogen-bond acceptors (Lipinski definition) is 2. The van der Waals surface area contributed by atoms with E-state index >= 15 is 0 Å².